The normalized spacial score (nSPS) is 13.2. The predicted octanol–water partition coefficient (Wildman–Crippen LogP) is 1.66. The summed E-state index contributed by atoms with van der Waals surface area (Å²) in [6.07, 6.45) is 4.35. The number of nitrogens with two attached hydrogens (primary N) is 1. The van der Waals surface area contributed by atoms with Gasteiger partial charge in [0.2, 0.25) is 0 Å². The second-order valence-electron chi connectivity index (χ2n) is 2.55. The third-order valence-electron chi connectivity index (χ3n) is 1.69. The third-order valence-corrected chi connectivity index (χ3v) is 1.69. The first-order chi connectivity index (χ1) is 5.63. The number of hydrogen-bond acceptors (Lipinski definition) is 2. The fourth-order valence-corrected chi connectivity index (χ4v) is 1.00. The zero-order chi connectivity index (χ0) is 9.56. The Kier molecular flexibility index (Phi) is 4.84. The van der Waals surface area contributed by atoms with E-state index in [0.717, 1.165) is 5.57 Å². The number of rotatable bonds is 4. The van der Waals surface area contributed by atoms with Crippen molar-refractivity contribution in [2.24, 2.45) is 5.73 Å². The molecule has 0 rings (SSSR count). The van der Waals surface area contributed by atoms with Gasteiger partial charge in [-0.1, -0.05) is 18.6 Å². The molecule has 0 aromatic carbocycles. The largest absolute Gasteiger partial charge is 0.478 e. The van der Waals surface area contributed by atoms with Crippen LogP contribution in [0.1, 0.15) is 26.7 Å². The van der Waals surface area contributed by atoms with E-state index in [1.807, 2.05) is 13.8 Å². The number of aliphatic carboxylic acids is 1. The lowest BCUT2D eigenvalue weighted by Crippen LogP contribution is -2.02. The van der Waals surface area contributed by atoms with E-state index in [1.54, 1.807) is 6.08 Å². The van der Waals surface area contributed by atoms with E-state index in [-0.39, 0.29) is 0 Å². The van der Waals surface area contributed by atoms with Gasteiger partial charge in [0.15, 0.2) is 0 Å². The third kappa shape index (κ3) is 3.23. The summed E-state index contributed by atoms with van der Waals surface area (Å²) in [5.74, 6) is -0.833. The van der Waals surface area contributed by atoms with Crippen LogP contribution in [0.15, 0.2) is 23.4 Å². The van der Waals surface area contributed by atoms with E-state index in [0.29, 0.717) is 18.4 Å². The van der Waals surface area contributed by atoms with E-state index in [4.69, 9.17) is 10.8 Å². The Balaban J connectivity index is 4.48. The maximum atomic E-state index is 10.6. The summed E-state index contributed by atoms with van der Waals surface area (Å²) in [6.45, 7) is 3.64. The molecule has 0 aromatic heterocycles. The quantitative estimate of drug-likeness (QED) is 0.629. The van der Waals surface area contributed by atoms with Crippen LogP contribution in [0.25, 0.3) is 0 Å². The summed E-state index contributed by atoms with van der Waals surface area (Å²) in [4.78, 5) is 10.6. The molecule has 0 saturated heterocycles. The molecule has 3 heteroatoms. The van der Waals surface area contributed by atoms with Gasteiger partial charge in [-0.3, -0.25) is 0 Å². The van der Waals surface area contributed by atoms with Crippen molar-refractivity contribution < 1.29 is 9.90 Å². The number of carboxylic acids is 1. The Labute approximate surface area is 72.6 Å². The lowest BCUT2D eigenvalue weighted by molar-refractivity contribution is -0.132. The van der Waals surface area contributed by atoms with Gasteiger partial charge in [0.05, 0.1) is 0 Å². The van der Waals surface area contributed by atoms with Crippen LogP contribution in [0.5, 0.6) is 0 Å². The highest BCUT2D eigenvalue weighted by Crippen LogP contribution is 2.12. The molecule has 0 aliphatic rings. The highest BCUT2D eigenvalue weighted by Gasteiger charge is 2.06. The first kappa shape index (κ1) is 10.8. The highest BCUT2D eigenvalue weighted by atomic mass is 16.4. The summed E-state index contributed by atoms with van der Waals surface area (Å²) in [5.41, 5.74) is 6.49. The van der Waals surface area contributed by atoms with Gasteiger partial charge in [0.25, 0.3) is 0 Å². The van der Waals surface area contributed by atoms with Gasteiger partial charge in [-0.05, 0) is 26.0 Å². The molecule has 0 aliphatic carbocycles. The minimum atomic E-state index is -0.833. The van der Waals surface area contributed by atoms with Gasteiger partial charge in [-0.25, -0.2) is 4.79 Å². The first-order valence-corrected chi connectivity index (χ1v) is 3.92. The monoisotopic (exact) mass is 169 g/mol. The molecule has 0 atom stereocenters. The average Bonchev–Trinajstić information content (AvgIpc) is 2.01. The molecule has 0 heterocycles. The highest BCUT2D eigenvalue weighted by molar-refractivity contribution is 5.87. The molecule has 68 valence electrons. The van der Waals surface area contributed by atoms with Crippen LogP contribution in [0, 0.1) is 0 Å². The standard InChI is InChI=1S/C9H15NO2/c1-3-8(9(11)12)7(2)5-4-6-10/h4,6H,3,5,10H2,1-2H3,(H,11,12). The van der Waals surface area contributed by atoms with E-state index in [9.17, 15) is 4.79 Å². The molecule has 0 radical (unpaired) electrons. The van der Waals surface area contributed by atoms with Crippen molar-refractivity contribution in [3.8, 4) is 0 Å². The van der Waals surface area contributed by atoms with Crippen LogP contribution in [-0.4, -0.2) is 11.1 Å². The van der Waals surface area contributed by atoms with Crippen molar-refractivity contribution in [3.05, 3.63) is 23.4 Å². The van der Waals surface area contributed by atoms with E-state index >= 15 is 0 Å². The van der Waals surface area contributed by atoms with Crippen LogP contribution in [0.2, 0.25) is 0 Å². The SMILES string of the molecule is CCC(C(=O)O)=C(C)CC=CN. The Morgan fingerprint density at radius 2 is 2.17 bits per heavy atom. The Morgan fingerprint density at radius 1 is 1.58 bits per heavy atom. The van der Waals surface area contributed by atoms with Crippen LogP contribution in [0.3, 0.4) is 0 Å². The molecule has 12 heavy (non-hydrogen) atoms. The lowest BCUT2D eigenvalue weighted by atomic mass is 10.0. The van der Waals surface area contributed by atoms with Crippen LogP contribution in [-0.2, 0) is 4.79 Å². The minimum absolute atomic E-state index is 0.480. The second-order valence-corrected chi connectivity index (χ2v) is 2.55. The molecule has 0 aromatic rings. The van der Waals surface area contributed by atoms with Crippen molar-refractivity contribution >= 4 is 5.97 Å². The van der Waals surface area contributed by atoms with Gasteiger partial charge < -0.3 is 10.8 Å². The predicted molar refractivity (Wildman–Crippen MR) is 48.6 cm³/mol. The molecule has 0 aliphatic heterocycles. The average molecular weight is 169 g/mol. The maximum absolute atomic E-state index is 10.6. The molecular weight excluding hydrogens is 154 g/mol. The number of carboxylic acid groups (broad SMARTS) is 1. The van der Waals surface area contributed by atoms with Crippen LogP contribution >= 0.6 is 0 Å². The zero-order valence-electron chi connectivity index (χ0n) is 7.50. The van der Waals surface area contributed by atoms with Crippen molar-refractivity contribution in [1.82, 2.24) is 0 Å². The van der Waals surface area contributed by atoms with E-state index in [1.165, 1.54) is 6.20 Å². The Bertz CT molecular complexity index is 217. The summed E-state index contributed by atoms with van der Waals surface area (Å²) in [5, 5.41) is 8.73. The van der Waals surface area contributed by atoms with E-state index < -0.39 is 5.97 Å². The molecule has 0 saturated carbocycles. The number of hydrogen-bond donors (Lipinski definition) is 2. The lowest BCUT2D eigenvalue weighted by Gasteiger charge is -2.02. The van der Waals surface area contributed by atoms with Gasteiger partial charge in [-0.2, -0.15) is 0 Å². The van der Waals surface area contributed by atoms with Crippen molar-refractivity contribution in [2.75, 3.05) is 0 Å². The van der Waals surface area contributed by atoms with Crippen molar-refractivity contribution in [3.63, 3.8) is 0 Å². The van der Waals surface area contributed by atoms with Gasteiger partial charge in [0.1, 0.15) is 0 Å². The van der Waals surface area contributed by atoms with E-state index in [2.05, 4.69) is 0 Å². The van der Waals surface area contributed by atoms with Gasteiger partial charge in [0, 0.05) is 5.57 Å². The number of allylic oxidation sites excluding steroid dienone is 2. The summed E-state index contributed by atoms with van der Waals surface area (Å²) in [6, 6.07) is 0. The van der Waals surface area contributed by atoms with Gasteiger partial charge in [-0.15, -0.1) is 0 Å². The Morgan fingerprint density at radius 3 is 2.50 bits per heavy atom. The summed E-state index contributed by atoms with van der Waals surface area (Å²) >= 11 is 0. The van der Waals surface area contributed by atoms with Gasteiger partial charge >= 0.3 is 5.97 Å². The second kappa shape index (κ2) is 5.41. The summed E-state index contributed by atoms with van der Waals surface area (Å²) in [7, 11) is 0. The fraction of sp³-hybridized carbons (Fsp3) is 0.444. The summed E-state index contributed by atoms with van der Waals surface area (Å²) < 4.78 is 0. The smallest absolute Gasteiger partial charge is 0.331 e. The molecule has 0 fully saturated rings. The molecule has 0 amide bonds. The molecule has 3 N–H and O–H groups in total. The van der Waals surface area contributed by atoms with Crippen molar-refractivity contribution in [1.29, 1.82) is 0 Å². The molecule has 0 unspecified atom stereocenters. The molecular formula is C9H15NO2. The zero-order valence-corrected chi connectivity index (χ0v) is 7.50. The van der Waals surface area contributed by atoms with Crippen LogP contribution < -0.4 is 5.73 Å². The Hall–Kier alpha value is -1.25. The molecule has 0 bridgehead atoms. The molecule has 0 spiro atoms. The van der Waals surface area contributed by atoms with Crippen LogP contribution in [0.4, 0.5) is 0 Å². The fourth-order valence-electron chi connectivity index (χ4n) is 1.00. The van der Waals surface area contributed by atoms with Crippen molar-refractivity contribution in [2.45, 2.75) is 26.7 Å². The topological polar surface area (TPSA) is 63.3 Å². The maximum Gasteiger partial charge on any atom is 0.331 e. The first-order valence-electron chi connectivity index (χ1n) is 3.92. The number of carbonyl (C=O) groups is 1. The minimum Gasteiger partial charge on any atom is -0.478 e. The molecule has 3 nitrogen and oxygen atoms in total.